The van der Waals surface area contributed by atoms with Crippen LogP contribution in [-0.2, 0) is 9.59 Å². The minimum atomic E-state index is -0.970. The van der Waals surface area contributed by atoms with Crippen molar-refractivity contribution < 1.29 is 14.7 Å². The highest BCUT2D eigenvalue weighted by Crippen LogP contribution is 2.18. The van der Waals surface area contributed by atoms with Gasteiger partial charge >= 0.3 is 5.97 Å². The fourth-order valence-corrected chi connectivity index (χ4v) is 2.78. The van der Waals surface area contributed by atoms with Crippen LogP contribution in [0.1, 0.15) is 32.1 Å². The molecule has 1 amide bonds. The number of anilines is 2. The van der Waals surface area contributed by atoms with Crippen molar-refractivity contribution in [1.29, 1.82) is 0 Å². The first-order valence-electron chi connectivity index (χ1n) is 7.66. The number of nitrogens with one attached hydrogen (secondary N) is 1. The van der Waals surface area contributed by atoms with Crippen molar-refractivity contribution in [3.05, 3.63) is 24.3 Å². The van der Waals surface area contributed by atoms with Crippen LogP contribution >= 0.6 is 0 Å². The maximum absolute atomic E-state index is 12.2. The van der Waals surface area contributed by atoms with Gasteiger partial charge in [0.15, 0.2) is 0 Å². The largest absolute Gasteiger partial charge is 0.480 e. The van der Waals surface area contributed by atoms with Crippen LogP contribution in [0.15, 0.2) is 24.3 Å². The number of rotatable bonds is 6. The molecule has 1 aromatic rings. The number of carboxylic acids is 1. The first kappa shape index (κ1) is 16.1. The smallest absolute Gasteiger partial charge is 0.323 e. The van der Waals surface area contributed by atoms with E-state index < -0.39 is 5.97 Å². The van der Waals surface area contributed by atoms with Gasteiger partial charge in [0.25, 0.3) is 0 Å². The zero-order chi connectivity index (χ0) is 15.9. The summed E-state index contributed by atoms with van der Waals surface area (Å²) in [6, 6.07) is 7.07. The molecule has 2 rings (SSSR count). The number of amides is 1. The third kappa shape index (κ3) is 4.95. The zero-order valence-electron chi connectivity index (χ0n) is 12.6. The number of aliphatic carboxylic acids is 1. The van der Waals surface area contributed by atoms with E-state index in [0.717, 1.165) is 25.7 Å². The maximum atomic E-state index is 12.2. The zero-order valence-corrected chi connectivity index (χ0v) is 12.6. The minimum absolute atomic E-state index is 0.0344. The van der Waals surface area contributed by atoms with Gasteiger partial charge in [-0.1, -0.05) is 19.3 Å². The normalized spacial score (nSPS) is 15.3. The number of hydrogen-bond acceptors (Lipinski definition) is 4. The molecule has 0 radical (unpaired) electrons. The van der Waals surface area contributed by atoms with Crippen molar-refractivity contribution in [3.63, 3.8) is 0 Å². The Morgan fingerprint density at radius 1 is 1.14 bits per heavy atom. The topological polar surface area (TPSA) is 95.7 Å². The van der Waals surface area contributed by atoms with Gasteiger partial charge in [-0.05, 0) is 37.1 Å². The Bertz CT molecular complexity index is 510. The summed E-state index contributed by atoms with van der Waals surface area (Å²) in [5, 5.41) is 12.0. The van der Waals surface area contributed by atoms with E-state index in [9.17, 15) is 9.59 Å². The molecule has 22 heavy (non-hydrogen) atoms. The Morgan fingerprint density at radius 2 is 1.77 bits per heavy atom. The number of nitrogens with two attached hydrogens (primary N) is 1. The van der Waals surface area contributed by atoms with Crippen molar-refractivity contribution in [2.45, 2.75) is 38.1 Å². The second-order valence-electron chi connectivity index (χ2n) is 5.74. The maximum Gasteiger partial charge on any atom is 0.323 e. The van der Waals surface area contributed by atoms with E-state index in [-0.39, 0.29) is 25.0 Å². The van der Waals surface area contributed by atoms with Crippen LogP contribution in [0.3, 0.4) is 0 Å². The van der Waals surface area contributed by atoms with Gasteiger partial charge in [-0.2, -0.15) is 0 Å². The van der Waals surface area contributed by atoms with Crippen molar-refractivity contribution in [1.82, 2.24) is 5.32 Å². The molecule has 4 N–H and O–H groups in total. The van der Waals surface area contributed by atoms with E-state index in [1.54, 1.807) is 29.2 Å². The number of carbonyl (C=O) groups excluding carboxylic acids is 1. The van der Waals surface area contributed by atoms with Crippen LogP contribution in [0.2, 0.25) is 0 Å². The molecule has 120 valence electrons. The van der Waals surface area contributed by atoms with Crippen molar-refractivity contribution in [2.24, 2.45) is 0 Å². The Balaban J connectivity index is 1.97. The van der Waals surface area contributed by atoms with E-state index in [1.165, 1.54) is 6.42 Å². The Labute approximate surface area is 130 Å². The molecular formula is C16H23N3O3. The highest BCUT2D eigenvalue weighted by atomic mass is 16.4. The summed E-state index contributed by atoms with van der Waals surface area (Å²) in [6.07, 6.45) is 5.52. The summed E-state index contributed by atoms with van der Waals surface area (Å²) in [6.45, 7) is -0.186. The van der Waals surface area contributed by atoms with Crippen LogP contribution in [0.25, 0.3) is 0 Å². The molecule has 1 aromatic carbocycles. The molecule has 0 atom stereocenters. The molecule has 1 aliphatic carbocycles. The number of nitrogen functional groups attached to an aromatic ring is 1. The summed E-state index contributed by atoms with van der Waals surface area (Å²) in [4.78, 5) is 24.7. The summed E-state index contributed by atoms with van der Waals surface area (Å²) in [5.74, 6) is -1.10. The van der Waals surface area contributed by atoms with Gasteiger partial charge in [-0.3, -0.25) is 9.59 Å². The molecule has 0 unspecified atom stereocenters. The summed E-state index contributed by atoms with van der Waals surface area (Å²) in [7, 11) is 0. The monoisotopic (exact) mass is 305 g/mol. The van der Waals surface area contributed by atoms with Crippen LogP contribution < -0.4 is 16.0 Å². The quantitative estimate of drug-likeness (QED) is 0.694. The van der Waals surface area contributed by atoms with E-state index >= 15 is 0 Å². The minimum Gasteiger partial charge on any atom is -0.480 e. The molecular weight excluding hydrogens is 282 g/mol. The molecule has 0 aliphatic heterocycles. The summed E-state index contributed by atoms with van der Waals surface area (Å²) >= 11 is 0. The average Bonchev–Trinajstić information content (AvgIpc) is 2.48. The second kappa shape index (κ2) is 7.68. The Kier molecular flexibility index (Phi) is 5.63. The fourth-order valence-electron chi connectivity index (χ4n) is 2.78. The van der Waals surface area contributed by atoms with E-state index in [1.807, 2.05) is 0 Å². The van der Waals surface area contributed by atoms with Crippen molar-refractivity contribution in [3.8, 4) is 0 Å². The average molecular weight is 305 g/mol. The Morgan fingerprint density at radius 3 is 2.36 bits per heavy atom. The Hall–Kier alpha value is -2.24. The lowest BCUT2D eigenvalue weighted by Gasteiger charge is -2.26. The van der Waals surface area contributed by atoms with Gasteiger partial charge in [0.1, 0.15) is 6.54 Å². The molecule has 0 heterocycles. The second-order valence-corrected chi connectivity index (χ2v) is 5.74. The van der Waals surface area contributed by atoms with Crippen LogP contribution in [-0.4, -0.2) is 36.1 Å². The fraction of sp³-hybridized carbons (Fsp3) is 0.500. The first-order valence-corrected chi connectivity index (χ1v) is 7.66. The highest BCUT2D eigenvalue weighted by molar-refractivity contribution is 5.84. The first-order chi connectivity index (χ1) is 10.5. The molecule has 0 aromatic heterocycles. The molecule has 0 spiro atoms. The molecule has 0 bridgehead atoms. The predicted molar refractivity (Wildman–Crippen MR) is 85.7 cm³/mol. The van der Waals surface area contributed by atoms with Crippen LogP contribution in [0, 0.1) is 0 Å². The van der Waals surface area contributed by atoms with Crippen molar-refractivity contribution >= 4 is 23.3 Å². The molecule has 1 fully saturated rings. The van der Waals surface area contributed by atoms with E-state index in [2.05, 4.69) is 5.32 Å². The van der Waals surface area contributed by atoms with Gasteiger partial charge in [-0.25, -0.2) is 0 Å². The summed E-state index contributed by atoms with van der Waals surface area (Å²) < 4.78 is 0. The third-order valence-corrected chi connectivity index (χ3v) is 3.89. The van der Waals surface area contributed by atoms with Gasteiger partial charge < -0.3 is 21.1 Å². The number of benzene rings is 1. The van der Waals surface area contributed by atoms with Gasteiger partial charge in [0.05, 0.1) is 6.54 Å². The standard InChI is InChI=1S/C16H23N3O3/c17-12-6-8-14(9-7-12)19(11-16(21)22)10-15(20)18-13-4-2-1-3-5-13/h6-9,13H,1-5,10-11,17H2,(H,18,20)(H,21,22). The van der Waals surface area contributed by atoms with E-state index in [4.69, 9.17) is 10.8 Å². The van der Waals surface area contributed by atoms with Gasteiger partial charge in [0, 0.05) is 17.4 Å². The SMILES string of the molecule is Nc1ccc(N(CC(=O)O)CC(=O)NC2CCCCC2)cc1. The summed E-state index contributed by atoms with van der Waals surface area (Å²) in [5.41, 5.74) is 6.92. The molecule has 6 heteroatoms. The van der Waals surface area contributed by atoms with Crippen LogP contribution in [0.5, 0.6) is 0 Å². The molecule has 1 aliphatic rings. The lowest BCUT2D eigenvalue weighted by molar-refractivity contribution is -0.135. The third-order valence-electron chi connectivity index (χ3n) is 3.89. The molecule has 1 saturated carbocycles. The van der Waals surface area contributed by atoms with Gasteiger partial charge in [-0.15, -0.1) is 0 Å². The lowest BCUT2D eigenvalue weighted by atomic mass is 9.95. The number of carbonyl (C=O) groups is 2. The molecule has 0 saturated heterocycles. The molecule has 6 nitrogen and oxygen atoms in total. The number of carboxylic acid groups (broad SMARTS) is 1. The predicted octanol–water partition coefficient (Wildman–Crippen LogP) is 1.61. The van der Waals surface area contributed by atoms with E-state index in [0.29, 0.717) is 11.4 Å². The highest BCUT2D eigenvalue weighted by Gasteiger charge is 2.19. The number of nitrogens with zero attached hydrogens (tertiary/aromatic N) is 1. The lowest BCUT2D eigenvalue weighted by Crippen LogP contribution is -2.44. The van der Waals surface area contributed by atoms with Gasteiger partial charge in [0.2, 0.25) is 5.91 Å². The van der Waals surface area contributed by atoms with Crippen LogP contribution in [0.4, 0.5) is 11.4 Å². The number of hydrogen-bond donors (Lipinski definition) is 3. The van der Waals surface area contributed by atoms with Crippen molar-refractivity contribution in [2.75, 3.05) is 23.7 Å².